The van der Waals surface area contributed by atoms with Crippen molar-refractivity contribution in [1.82, 2.24) is 0 Å². The molecule has 0 radical (unpaired) electrons. The molecular weight excluding hydrogens is 470 g/mol. The summed E-state index contributed by atoms with van der Waals surface area (Å²) in [6, 6.07) is 0. The van der Waals surface area contributed by atoms with Crippen molar-refractivity contribution in [2.24, 2.45) is 0 Å². The third-order valence-electron chi connectivity index (χ3n) is 2.73. The van der Waals surface area contributed by atoms with E-state index in [1.54, 1.807) is 0 Å². The van der Waals surface area contributed by atoms with Gasteiger partial charge in [0.2, 0.25) is 10.4 Å². The third-order valence-corrected chi connectivity index (χ3v) is 3.18. The van der Waals surface area contributed by atoms with Gasteiger partial charge in [-0.2, -0.15) is 7.82 Å². The van der Waals surface area contributed by atoms with E-state index in [1.807, 2.05) is 0 Å². The first-order valence-corrected chi connectivity index (χ1v) is 10.2. The van der Waals surface area contributed by atoms with Gasteiger partial charge in [-0.1, -0.05) is 64.7 Å². The van der Waals surface area contributed by atoms with Crippen LogP contribution in [0.2, 0.25) is 0 Å². The van der Waals surface area contributed by atoms with Crippen LogP contribution in [0.25, 0.3) is 0 Å². The number of hydrogen-bond acceptors (Lipinski definition) is 8. The molecule has 0 saturated heterocycles. The monoisotopic (exact) mass is 499 g/mol. The second-order valence-corrected chi connectivity index (χ2v) is 6.81. The fraction of sp³-hybridized carbons (Fsp3) is 1.00. The molecule has 0 aliphatic heterocycles. The summed E-state index contributed by atoms with van der Waals surface area (Å²) in [7, 11) is -9.87. The van der Waals surface area contributed by atoms with Crippen LogP contribution in [0.3, 0.4) is 0 Å². The zero-order valence-electron chi connectivity index (χ0n) is 16.3. The van der Waals surface area contributed by atoms with Gasteiger partial charge < -0.3 is 34.8 Å². The molecule has 15 heteroatoms. The van der Waals surface area contributed by atoms with Crippen molar-refractivity contribution in [3.63, 3.8) is 0 Å². The van der Waals surface area contributed by atoms with Crippen molar-refractivity contribution < 1.29 is 76.9 Å². The Labute approximate surface area is 244 Å². The van der Waals surface area contributed by atoms with E-state index < -0.39 is 18.2 Å². The first-order chi connectivity index (χ1) is 10.1. The maximum Gasteiger partial charge on any atom is 2.00 e. The summed E-state index contributed by atoms with van der Waals surface area (Å²) in [5, 5.41) is 0. The fourth-order valence-electron chi connectivity index (χ4n) is 1.75. The maximum atomic E-state index is 10.1. The summed E-state index contributed by atoms with van der Waals surface area (Å²) in [6.07, 6.45) is 11.7. The van der Waals surface area contributed by atoms with Gasteiger partial charge in [0, 0.05) is 0 Å². The predicted molar refractivity (Wildman–Crippen MR) is 93.8 cm³/mol. The van der Waals surface area contributed by atoms with Crippen LogP contribution < -0.4 is 44.2 Å². The van der Waals surface area contributed by atoms with Gasteiger partial charge in [-0.05, 0) is 6.42 Å². The summed E-state index contributed by atoms with van der Waals surface area (Å²) in [4.78, 5) is 25.6. The van der Waals surface area contributed by atoms with Crippen molar-refractivity contribution in [3.05, 3.63) is 0 Å². The van der Waals surface area contributed by atoms with Crippen LogP contribution in [0.1, 0.15) is 71.1 Å². The zero-order valence-corrected chi connectivity index (χ0v) is 24.4. The molecule has 27 heavy (non-hydrogen) atoms. The second-order valence-electron chi connectivity index (χ2n) is 4.86. The molecule has 4 N–H and O–H groups in total. The van der Waals surface area contributed by atoms with Crippen molar-refractivity contribution in [2.75, 3.05) is 6.61 Å². The van der Waals surface area contributed by atoms with Gasteiger partial charge in [-0.15, -0.1) is 0 Å². The zero-order chi connectivity index (χ0) is 17.5. The first-order valence-electron chi connectivity index (χ1n) is 7.39. The number of hydrogen-bond donors (Lipinski definition) is 0. The average molecular weight is 500 g/mol. The minimum atomic E-state index is -5.39. The van der Waals surface area contributed by atoms with Gasteiger partial charge in [0.15, 0.2) is 0 Å². The minimum Gasteiger partial charge on any atom is -0.822 e. The first kappa shape index (κ1) is 48.0. The van der Waals surface area contributed by atoms with Crippen molar-refractivity contribution in [3.8, 4) is 0 Å². The number of phosphoric acid groups is 1. The molecule has 0 fully saturated rings. The van der Waals surface area contributed by atoms with Crippen LogP contribution in [0, 0.1) is 0 Å². The fourth-order valence-corrected chi connectivity index (χ4v) is 2.07. The van der Waals surface area contributed by atoms with E-state index in [9.17, 15) is 13.0 Å². The van der Waals surface area contributed by atoms with E-state index in [-0.39, 0.29) is 123 Å². The molecule has 0 atom stereocenters. The molecule has 10 nitrogen and oxygen atoms in total. The van der Waals surface area contributed by atoms with Crippen LogP contribution in [-0.2, 0) is 19.1 Å². The van der Waals surface area contributed by atoms with Gasteiger partial charge in [0.05, 0.1) is 6.61 Å². The van der Waals surface area contributed by atoms with Crippen LogP contribution in [0.15, 0.2) is 0 Å². The third kappa shape index (κ3) is 72.9. The van der Waals surface area contributed by atoms with Gasteiger partial charge in [0.25, 0.3) is 0 Å². The molecule has 0 aliphatic rings. The molecule has 0 aliphatic carbocycles. The van der Waals surface area contributed by atoms with Crippen LogP contribution in [-0.4, -0.2) is 106 Å². The quantitative estimate of drug-likeness (QED) is 0.0831. The summed E-state index contributed by atoms with van der Waals surface area (Å²) in [6.45, 7) is 2.24. The molecule has 0 amide bonds. The van der Waals surface area contributed by atoms with Gasteiger partial charge in [-0.25, -0.2) is 8.42 Å². The van der Waals surface area contributed by atoms with Crippen molar-refractivity contribution >= 4 is 93.7 Å². The molecule has 0 bridgehead atoms. The van der Waals surface area contributed by atoms with E-state index in [0.717, 1.165) is 12.8 Å². The summed E-state index contributed by atoms with van der Waals surface area (Å²) < 4.78 is 43.0. The Hall–Kier alpha value is 3.42. The minimum absolute atomic E-state index is 0. The molecule has 152 valence electrons. The molecule has 0 rings (SSSR count). The number of rotatable bonds is 12. The van der Waals surface area contributed by atoms with Crippen molar-refractivity contribution in [2.45, 2.75) is 71.1 Å². The Morgan fingerprint density at radius 3 is 1.30 bits per heavy atom. The molecular formula is C12H29Ca2NaO10PS+. The number of unbranched alkanes of at least 4 members (excludes halogenated alkanes) is 9. The summed E-state index contributed by atoms with van der Waals surface area (Å²) in [5.41, 5.74) is 0. The Balaban J connectivity index is -0.0000000713. The SMILES string of the molecule is CCCCCCCCCCCCOS(=O)(=O)[O-].O.O.O=P([O-])([O-])[O-].[Ca+2].[Ca+2].[Na+]. The smallest absolute Gasteiger partial charge is 0.822 e. The Morgan fingerprint density at radius 2 is 1.04 bits per heavy atom. The second kappa shape index (κ2) is 31.6. The predicted octanol–water partition coefficient (Wildman–Crippen LogP) is -4.85. The molecule has 0 heterocycles. The Morgan fingerprint density at radius 1 is 0.778 bits per heavy atom. The van der Waals surface area contributed by atoms with Crippen molar-refractivity contribution in [1.29, 1.82) is 0 Å². The molecule has 0 aromatic rings. The standard InChI is InChI=1S/C12H26O4S.2Ca.Na.H3O4P.2H2O/c1-2-3-4-5-6-7-8-9-10-11-12-16-17(13,14)15;;;;1-5(2,3)4;;/h2-12H2,1H3,(H,13,14,15);;;;(H3,1,2,3,4);2*1H2/q;2*+2;+1;;;/p-4. The average Bonchev–Trinajstić information content (AvgIpc) is 2.32. The maximum absolute atomic E-state index is 10.1. The van der Waals surface area contributed by atoms with Crippen LogP contribution in [0.4, 0.5) is 0 Å². The van der Waals surface area contributed by atoms with E-state index >= 15 is 0 Å². The Kier molecular flexibility index (Phi) is 56.2. The topological polar surface area (TPSA) is 216 Å². The Bertz CT molecular complexity index is 389. The largest absolute Gasteiger partial charge is 2.00 e. The normalized spacial score (nSPS) is 9.67. The summed E-state index contributed by atoms with van der Waals surface area (Å²) >= 11 is 0. The molecule has 0 aromatic heterocycles. The van der Waals surface area contributed by atoms with E-state index in [0.29, 0.717) is 6.42 Å². The van der Waals surface area contributed by atoms with Crippen LogP contribution in [0.5, 0.6) is 0 Å². The van der Waals surface area contributed by atoms with E-state index in [2.05, 4.69) is 11.1 Å². The van der Waals surface area contributed by atoms with Gasteiger partial charge in [-0.3, -0.25) is 4.18 Å². The summed E-state index contributed by atoms with van der Waals surface area (Å²) in [5.74, 6) is 0. The molecule has 0 spiro atoms. The van der Waals surface area contributed by atoms with E-state index in [1.165, 1.54) is 44.9 Å². The van der Waals surface area contributed by atoms with Gasteiger partial charge in [0.1, 0.15) is 0 Å². The molecule has 0 saturated carbocycles. The molecule has 0 unspecified atom stereocenters. The van der Waals surface area contributed by atoms with E-state index in [4.69, 9.17) is 19.2 Å². The van der Waals surface area contributed by atoms with Crippen LogP contribution >= 0.6 is 7.82 Å². The molecule has 0 aromatic carbocycles. The van der Waals surface area contributed by atoms with Gasteiger partial charge >= 0.3 is 105 Å².